The quantitative estimate of drug-likeness (QED) is 0.838. The summed E-state index contributed by atoms with van der Waals surface area (Å²) < 4.78 is 0. The number of nitrogens with one attached hydrogen (secondary N) is 1. The van der Waals surface area contributed by atoms with Gasteiger partial charge in [-0.1, -0.05) is 0 Å². The predicted octanol–water partition coefficient (Wildman–Crippen LogP) is 1.49. The molecule has 1 aromatic rings. The Morgan fingerprint density at radius 1 is 1.31 bits per heavy atom. The summed E-state index contributed by atoms with van der Waals surface area (Å²) in [6, 6.07) is 0. The number of aryl methyl sites for hydroxylation is 1. The highest BCUT2D eigenvalue weighted by atomic mass is 15.2. The zero-order valence-corrected chi connectivity index (χ0v) is 10.2. The summed E-state index contributed by atoms with van der Waals surface area (Å²) in [5.41, 5.74) is 2.27. The van der Waals surface area contributed by atoms with E-state index in [0.717, 1.165) is 31.3 Å². The summed E-state index contributed by atoms with van der Waals surface area (Å²) in [5.74, 6) is 0.900. The fourth-order valence-electron chi connectivity index (χ4n) is 2.09. The summed E-state index contributed by atoms with van der Waals surface area (Å²) in [6.07, 6.45) is 5.82. The Labute approximate surface area is 97.1 Å². The lowest BCUT2D eigenvalue weighted by Crippen LogP contribution is -2.31. The second-order valence-corrected chi connectivity index (χ2v) is 4.36. The Morgan fingerprint density at radius 2 is 2.06 bits per heavy atom. The van der Waals surface area contributed by atoms with Gasteiger partial charge in [0, 0.05) is 37.1 Å². The van der Waals surface area contributed by atoms with Gasteiger partial charge in [0.25, 0.3) is 0 Å². The minimum Gasteiger partial charge on any atom is -0.341 e. The topological polar surface area (TPSA) is 41.1 Å². The number of hydrogen-bond donors (Lipinski definition) is 1. The van der Waals surface area contributed by atoms with Crippen LogP contribution in [0.25, 0.3) is 0 Å². The van der Waals surface area contributed by atoms with Crippen LogP contribution >= 0.6 is 0 Å². The van der Waals surface area contributed by atoms with Gasteiger partial charge in [0.15, 0.2) is 0 Å². The molecule has 0 aromatic carbocycles. The summed E-state index contributed by atoms with van der Waals surface area (Å²) in [4.78, 5) is 11.3. The van der Waals surface area contributed by atoms with Gasteiger partial charge in [-0.15, -0.1) is 0 Å². The number of hydrogen-bond acceptors (Lipinski definition) is 4. The van der Waals surface area contributed by atoms with Crippen LogP contribution in [0, 0.1) is 6.92 Å². The molecule has 1 aromatic heterocycles. The zero-order chi connectivity index (χ0) is 11.4. The van der Waals surface area contributed by atoms with Crippen LogP contribution in [0.15, 0.2) is 6.20 Å². The van der Waals surface area contributed by atoms with Crippen molar-refractivity contribution < 1.29 is 0 Å². The first-order valence-corrected chi connectivity index (χ1v) is 6.03. The van der Waals surface area contributed by atoms with E-state index in [4.69, 9.17) is 0 Å². The molecule has 0 spiro atoms. The van der Waals surface area contributed by atoms with Gasteiger partial charge in [-0.2, -0.15) is 0 Å². The van der Waals surface area contributed by atoms with Crippen molar-refractivity contribution in [2.75, 3.05) is 25.0 Å². The average Bonchev–Trinajstić information content (AvgIpc) is 2.33. The molecule has 2 rings (SSSR count). The molecule has 4 nitrogen and oxygen atoms in total. The van der Waals surface area contributed by atoms with Crippen LogP contribution < -0.4 is 10.2 Å². The molecule has 1 fully saturated rings. The van der Waals surface area contributed by atoms with Gasteiger partial charge < -0.3 is 10.2 Å². The van der Waals surface area contributed by atoms with Gasteiger partial charge in [0.2, 0.25) is 5.95 Å². The molecule has 0 atom stereocenters. The molecule has 1 aliphatic heterocycles. The third-order valence-electron chi connectivity index (χ3n) is 3.07. The van der Waals surface area contributed by atoms with Crippen molar-refractivity contribution in [3.05, 3.63) is 17.5 Å². The van der Waals surface area contributed by atoms with Crippen LogP contribution in [-0.4, -0.2) is 30.1 Å². The lowest BCUT2D eigenvalue weighted by atomic mass is 10.1. The highest BCUT2D eigenvalue weighted by Gasteiger charge is 2.14. The molecule has 0 saturated carbocycles. The minimum absolute atomic E-state index is 0.839. The lowest BCUT2D eigenvalue weighted by Gasteiger charge is -2.26. The summed E-state index contributed by atoms with van der Waals surface area (Å²) in [5, 5.41) is 3.13. The van der Waals surface area contributed by atoms with Gasteiger partial charge in [0.1, 0.15) is 0 Å². The lowest BCUT2D eigenvalue weighted by molar-refractivity contribution is 0.567. The molecule has 88 valence electrons. The van der Waals surface area contributed by atoms with E-state index in [1.54, 1.807) is 0 Å². The molecule has 2 heterocycles. The zero-order valence-electron chi connectivity index (χ0n) is 10.2. The Balaban J connectivity index is 2.13. The fourth-order valence-corrected chi connectivity index (χ4v) is 2.09. The first-order chi connectivity index (χ1) is 7.81. The number of nitrogens with zero attached hydrogens (tertiary/aromatic N) is 3. The second kappa shape index (κ2) is 5.25. The van der Waals surface area contributed by atoms with Gasteiger partial charge >= 0.3 is 0 Å². The van der Waals surface area contributed by atoms with E-state index in [-0.39, 0.29) is 0 Å². The Hall–Kier alpha value is -1.16. The van der Waals surface area contributed by atoms with Crippen molar-refractivity contribution in [1.82, 2.24) is 15.3 Å². The van der Waals surface area contributed by atoms with Crippen LogP contribution in [0.3, 0.4) is 0 Å². The number of anilines is 1. The van der Waals surface area contributed by atoms with Gasteiger partial charge in [-0.05, 0) is 33.2 Å². The van der Waals surface area contributed by atoms with Crippen molar-refractivity contribution in [2.24, 2.45) is 0 Å². The molecular weight excluding hydrogens is 200 g/mol. The van der Waals surface area contributed by atoms with Crippen molar-refractivity contribution in [1.29, 1.82) is 0 Å². The summed E-state index contributed by atoms with van der Waals surface area (Å²) >= 11 is 0. The molecule has 4 heteroatoms. The van der Waals surface area contributed by atoms with Crippen LogP contribution in [0.5, 0.6) is 0 Å². The number of aromatic nitrogens is 2. The summed E-state index contributed by atoms with van der Waals surface area (Å²) in [7, 11) is 1.94. The van der Waals surface area contributed by atoms with E-state index in [0.29, 0.717) is 0 Å². The minimum atomic E-state index is 0.839. The molecule has 0 aliphatic carbocycles. The van der Waals surface area contributed by atoms with Crippen molar-refractivity contribution in [3.63, 3.8) is 0 Å². The Bertz CT molecular complexity index is 345. The smallest absolute Gasteiger partial charge is 0.225 e. The van der Waals surface area contributed by atoms with Gasteiger partial charge in [-0.25, -0.2) is 9.97 Å². The average molecular weight is 220 g/mol. The Morgan fingerprint density at radius 3 is 2.69 bits per heavy atom. The Kier molecular flexibility index (Phi) is 3.72. The highest BCUT2D eigenvalue weighted by Crippen LogP contribution is 2.16. The third-order valence-corrected chi connectivity index (χ3v) is 3.07. The fraction of sp³-hybridized carbons (Fsp3) is 0.667. The monoisotopic (exact) mass is 220 g/mol. The number of rotatable bonds is 3. The molecule has 0 radical (unpaired) electrons. The van der Waals surface area contributed by atoms with Gasteiger partial charge in [-0.3, -0.25) is 0 Å². The molecule has 0 amide bonds. The van der Waals surface area contributed by atoms with Crippen LogP contribution in [0.1, 0.15) is 30.5 Å². The maximum atomic E-state index is 4.59. The normalized spacial score (nSPS) is 16.5. The van der Waals surface area contributed by atoms with Crippen LogP contribution in [0.4, 0.5) is 5.95 Å². The van der Waals surface area contributed by atoms with Crippen molar-refractivity contribution in [2.45, 2.75) is 32.7 Å². The standard InChI is InChI=1S/C12H20N4/c1-10-11(8-13-2)9-14-12(15-10)16-6-4-3-5-7-16/h9,13H,3-8H2,1-2H3. The highest BCUT2D eigenvalue weighted by molar-refractivity contribution is 5.33. The first kappa shape index (κ1) is 11.3. The van der Waals surface area contributed by atoms with E-state index in [9.17, 15) is 0 Å². The number of piperidine rings is 1. The molecular formula is C12H20N4. The third kappa shape index (κ3) is 2.50. The largest absolute Gasteiger partial charge is 0.341 e. The van der Waals surface area contributed by atoms with E-state index >= 15 is 0 Å². The van der Waals surface area contributed by atoms with Crippen LogP contribution in [0.2, 0.25) is 0 Å². The van der Waals surface area contributed by atoms with E-state index in [1.165, 1.54) is 24.8 Å². The molecule has 0 unspecified atom stereocenters. The first-order valence-electron chi connectivity index (χ1n) is 6.03. The van der Waals surface area contributed by atoms with E-state index < -0.39 is 0 Å². The van der Waals surface area contributed by atoms with Crippen molar-refractivity contribution in [3.8, 4) is 0 Å². The molecule has 16 heavy (non-hydrogen) atoms. The van der Waals surface area contributed by atoms with Crippen molar-refractivity contribution >= 4 is 5.95 Å². The van der Waals surface area contributed by atoms with E-state index in [2.05, 4.69) is 27.1 Å². The molecule has 0 bridgehead atoms. The second-order valence-electron chi connectivity index (χ2n) is 4.36. The van der Waals surface area contributed by atoms with E-state index in [1.807, 2.05) is 13.2 Å². The molecule has 1 saturated heterocycles. The SMILES string of the molecule is CNCc1cnc(N2CCCCC2)nc1C. The predicted molar refractivity (Wildman–Crippen MR) is 65.6 cm³/mol. The maximum Gasteiger partial charge on any atom is 0.225 e. The summed E-state index contributed by atoms with van der Waals surface area (Å²) in [6.45, 7) is 5.10. The van der Waals surface area contributed by atoms with Crippen LogP contribution in [-0.2, 0) is 6.54 Å². The maximum absolute atomic E-state index is 4.59. The molecule has 1 aliphatic rings. The molecule has 1 N–H and O–H groups in total. The van der Waals surface area contributed by atoms with Gasteiger partial charge in [0.05, 0.1) is 0 Å².